The predicted octanol–water partition coefficient (Wildman–Crippen LogP) is 1.30. The Bertz CT molecular complexity index is 949. The smallest absolute Gasteiger partial charge is 0.272 e. The molecule has 1 aromatic heterocycles. The van der Waals surface area contributed by atoms with Crippen LogP contribution < -0.4 is 4.72 Å². The zero-order valence-corrected chi connectivity index (χ0v) is 19.0. The number of fused-ring (bicyclic) bond motifs is 1. The minimum absolute atomic E-state index is 0.0307. The molecule has 0 aromatic carbocycles. The fourth-order valence-corrected chi connectivity index (χ4v) is 6.15. The van der Waals surface area contributed by atoms with Crippen LogP contribution in [-0.2, 0) is 14.8 Å². The number of amides is 2. The van der Waals surface area contributed by atoms with Crippen molar-refractivity contribution in [1.29, 1.82) is 0 Å². The molecule has 1 aliphatic carbocycles. The fourth-order valence-electron chi connectivity index (χ4n) is 4.90. The summed E-state index contributed by atoms with van der Waals surface area (Å²) in [4.78, 5) is 32.2. The summed E-state index contributed by atoms with van der Waals surface area (Å²) in [6.45, 7) is 2.27. The molecule has 0 bridgehead atoms. The lowest BCUT2D eigenvalue weighted by Crippen LogP contribution is -2.57. The van der Waals surface area contributed by atoms with Crippen molar-refractivity contribution in [3.63, 3.8) is 0 Å². The summed E-state index contributed by atoms with van der Waals surface area (Å²) >= 11 is 1.43. The summed E-state index contributed by atoms with van der Waals surface area (Å²) in [6.07, 6.45) is 5.08. The number of nitrogens with zero attached hydrogens (tertiary/aromatic N) is 3. The molecule has 30 heavy (non-hydrogen) atoms. The number of carbonyl (C=O) groups is 2. The molecule has 8 nitrogen and oxygen atoms in total. The van der Waals surface area contributed by atoms with Crippen molar-refractivity contribution in [2.45, 2.75) is 31.7 Å². The first kappa shape index (κ1) is 21.2. The maximum atomic E-state index is 13.1. The highest BCUT2D eigenvalue weighted by Gasteiger charge is 2.44. The van der Waals surface area contributed by atoms with E-state index >= 15 is 0 Å². The van der Waals surface area contributed by atoms with E-state index in [1.165, 1.54) is 11.3 Å². The van der Waals surface area contributed by atoms with Crippen LogP contribution in [0.5, 0.6) is 0 Å². The number of nitrogens with one attached hydrogen (secondary N) is 1. The molecular formula is C20H28N4O4S2. The molecule has 164 valence electrons. The van der Waals surface area contributed by atoms with E-state index < -0.39 is 10.0 Å². The van der Waals surface area contributed by atoms with E-state index in [0.29, 0.717) is 26.2 Å². The van der Waals surface area contributed by atoms with Crippen LogP contribution in [-0.4, -0.2) is 80.5 Å². The topological polar surface area (TPSA) is 90.0 Å². The Labute approximate surface area is 181 Å². The second-order valence-electron chi connectivity index (χ2n) is 8.27. The zero-order valence-electron chi connectivity index (χ0n) is 17.3. The molecule has 0 spiro atoms. The van der Waals surface area contributed by atoms with Gasteiger partial charge in [-0.05, 0) is 24.3 Å². The first-order valence-electron chi connectivity index (χ1n) is 10.3. The van der Waals surface area contributed by atoms with Crippen molar-refractivity contribution in [1.82, 2.24) is 19.4 Å². The van der Waals surface area contributed by atoms with Gasteiger partial charge in [0.2, 0.25) is 10.0 Å². The van der Waals surface area contributed by atoms with Gasteiger partial charge in [-0.25, -0.2) is 8.42 Å². The van der Waals surface area contributed by atoms with Crippen molar-refractivity contribution >= 4 is 33.2 Å². The van der Waals surface area contributed by atoms with Gasteiger partial charge in [0.15, 0.2) is 0 Å². The molecule has 1 saturated carbocycles. The van der Waals surface area contributed by atoms with Crippen LogP contribution in [0.4, 0.5) is 0 Å². The molecule has 1 saturated heterocycles. The van der Waals surface area contributed by atoms with Gasteiger partial charge in [-0.3, -0.25) is 14.3 Å². The fraction of sp³-hybridized carbons (Fsp3) is 0.600. The zero-order chi connectivity index (χ0) is 21.5. The van der Waals surface area contributed by atoms with Gasteiger partial charge in [0.1, 0.15) is 5.70 Å². The number of sulfonamides is 1. The molecule has 2 atom stereocenters. The Morgan fingerprint density at radius 1 is 1.17 bits per heavy atom. The standard InChI is InChI=1S/C20H28N4O4S2/c1-22-15-7-4-3-6-14(15)18(17(20(22)26)21-30(2,27)28)23-9-11-24(12-10-23)19(25)16-8-5-13-29-16/h5,8,13-15,21H,3-4,6-7,9-12H2,1-2H3. The Balaban J connectivity index is 1.61. The average molecular weight is 453 g/mol. The van der Waals surface area contributed by atoms with E-state index in [2.05, 4.69) is 9.62 Å². The summed E-state index contributed by atoms with van der Waals surface area (Å²) in [6, 6.07) is 3.80. The molecule has 10 heteroatoms. The first-order valence-corrected chi connectivity index (χ1v) is 13.1. The molecule has 1 N–H and O–H groups in total. The molecule has 2 aliphatic heterocycles. The highest BCUT2D eigenvalue weighted by atomic mass is 32.2. The van der Waals surface area contributed by atoms with Crippen LogP contribution in [0.1, 0.15) is 35.4 Å². The largest absolute Gasteiger partial charge is 0.369 e. The van der Waals surface area contributed by atoms with Crippen LogP contribution in [0.25, 0.3) is 0 Å². The Hall–Kier alpha value is -2.07. The molecule has 1 aromatic rings. The summed E-state index contributed by atoms with van der Waals surface area (Å²) in [5.41, 5.74) is 0.998. The van der Waals surface area contributed by atoms with E-state index in [1.54, 1.807) is 11.9 Å². The summed E-state index contributed by atoms with van der Waals surface area (Å²) < 4.78 is 26.6. The second-order valence-corrected chi connectivity index (χ2v) is 11.0. The van der Waals surface area contributed by atoms with E-state index in [1.807, 2.05) is 22.4 Å². The number of hydrogen-bond donors (Lipinski definition) is 1. The minimum Gasteiger partial charge on any atom is -0.369 e. The highest BCUT2D eigenvalue weighted by Crippen LogP contribution is 2.40. The van der Waals surface area contributed by atoms with Gasteiger partial charge < -0.3 is 14.7 Å². The third kappa shape index (κ3) is 4.07. The maximum Gasteiger partial charge on any atom is 0.272 e. The van der Waals surface area contributed by atoms with Gasteiger partial charge in [0.05, 0.1) is 11.1 Å². The number of likely N-dealkylation sites (N-methyl/N-ethyl adjacent to an activating group) is 1. The Morgan fingerprint density at radius 3 is 2.50 bits per heavy atom. The van der Waals surface area contributed by atoms with Crippen LogP contribution in [0.15, 0.2) is 28.9 Å². The number of thiophene rings is 1. The second kappa shape index (κ2) is 8.22. The highest BCUT2D eigenvalue weighted by molar-refractivity contribution is 7.88. The third-order valence-corrected chi connectivity index (χ3v) is 7.73. The number of piperazine rings is 1. The van der Waals surface area contributed by atoms with Crippen LogP contribution in [0, 0.1) is 5.92 Å². The van der Waals surface area contributed by atoms with Crippen molar-refractivity contribution < 1.29 is 18.0 Å². The number of hydrogen-bond acceptors (Lipinski definition) is 6. The van der Waals surface area contributed by atoms with Crippen molar-refractivity contribution in [2.75, 3.05) is 39.5 Å². The Morgan fingerprint density at radius 2 is 1.87 bits per heavy atom. The lowest BCUT2D eigenvalue weighted by Gasteiger charge is -2.48. The lowest BCUT2D eigenvalue weighted by molar-refractivity contribution is -0.131. The van der Waals surface area contributed by atoms with Crippen molar-refractivity contribution in [3.05, 3.63) is 33.8 Å². The molecule has 3 heterocycles. The molecular weight excluding hydrogens is 424 g/mol. The third-order valence-electron chi connectivity index (χ3n) is 6.30. The molecule has 2 amide bonds. The average Bonchev–Trinajstić information content (AvgIpc) is 3.26. The predicted molar refractivity (Wildman–Crippen MR) is 115 cm³/mol. The molecule has 2 unspecified atom stereocenters. The summed E-state index contributed by atoms with van der Waals surface area (Å²) in [5, 5.41) is 1.89. The van der Waals surface area contributed by atoms with Crippen molar-refractivity contribution in [2.24, 2.45) is 5.92 Å². The number of carbonyl (C=O) groups excluding carboxylic acids is 2. The van der Waals surface area contributed by atoms with E-state index in [0.717, 1.165) is 42.5 Å². The van der Waals surface area contributed by atoms with E-state index in [4.69, 9.17) is 0 Å². The Kier molecular flexibility index (Phi) is 5.80. The first-order chi connectivity index (χ1) is 14.3. The minimum atomic E-state index is -3.59. The van der Waals surface area contributed by atoms with E-state index in [9.17, 15) is 18.0 Å². The van der Waals surface area contributed by atoms with Gasteiger partial charge in [0, 0.05) is 50.9 Å². The van der Waals surface area contributed by atoms with Gasteiger partial charge in [-0.1, -0.05) is 18.9 Å². The van der Waals surface area contributed by atoms with Crippen LogP contribution in [0.2, 0.25) is 0 Å². The quantitative estimate of drug-likeness (QED) is 0.744. The molecule has 4 rings (SSSR count). The van der Waals surface area contributed by atoms with Crippen LogP contribution in [0.3, 0.4) is 0 Å². The lowest BCUT2D eigenvalue weighted by atomic mass is 9.78. The molecule has 2 fully saturated rings. The van der Waals surface area contributed by atoms with Crippen LogP contribution >= 0.6 is 11.3 Å². The summed E-state index contributed by atoms with van der Waals surface area (Å²) in [5.74, 6) is -0.121. The SMILES string of the molecule is CN1C(=O)C(NS(C)(=O)=O)=C(N2CCN(C(=O)c3cccs3)CC2)C2CCCCC21. The van der Waals surface area contributed by atoms with Gasteiger partial charge in [-0.2, -0.15) is 0 Å². The maximum absolute atomic E-state index is 13.1. The monoisotopic (exact) mass is 452 g/mol. The normalized spacial score (nSPS) is 25.4. The molecule has 0 radical (unpaired) electrons. The van der Waals surface area contributed by atoms with Crippen molar-refractivity contribution in [3.8, 4) is 0 Å². The number of rotatable bonds is 4. The molecule has 3 aliphatic rings. The van der Waals surface area contributed by atoms with Gasteiger partial charge >= 0.3 is 0 Å². The van der Waals surface area contributed by atoms with Gasteiger partial charge in [0.25, 0.3) is 11.8 Å². The van der Waals surface area contributed by atoms with Gasteiger partial charge in [-0.15, -0.1) is 11.3 Å². The van der Waals surface area contributed by atoms with E-state index in [-0.39, 0.29) is 29.5 Å². The summed E-state index contributed by atoms with van der Waals surface area (Å²) in [7, 11) is -1.82.